The van der Waals surface area contributed by atoms with E-state index in [0.29, 0.717) is 17.9 Å². The summed E-state index contributed by atoms with van der Waals surface area (Å²) in [6, 6.07) is 19.0. The fourth-order valence-electron chi connectivity index (χ4n) is 3.70. The molecule has 3 rings (SSSR count). The molecule has 0 bridgehead atoms. The molecule has 2 aromatic rings. The molecule has 0 aromatic heterocycles. The summed E-state index contributed by atoms with van der Waals surface area (Å²) in [5, 5.41) is 8.56. The van der Waals surface area contributed by atoms with Gasteiger partial charge in [0.15, 0.2) is 0 Å². The van der Waals surface area contributed by atoms with Gasteiger partial charge < -0.3 is 11.2 Å². The second kappa shape index (κ2) is 12.5. The van der Waals surface area contributed by atoms with Crippen LogP contribution in [0.4, 0.5) is 13.2 Å². The van der Waals surface area contributed by atoms with E-state index in [-0.39, 0.29) is 82.7 Å². The molecule has 2 radical (unpaired) electrons. The Balaban J connectivity index is 0.00000256. The third-order valence-electron chi connectivity index (χ3n) is 5.61. The van der Waals surface area contributed by atoms with E-state index in [1.54, 1.807) is 0 Å². The molecular formula is C24H22ClF3NOY2-. The number of ether oxygens (including phenoxy) is 1. The van der Waals surface area contributed by atoms with E-state index < -0.39 is 17.1 Å². The number of nitriles is 1. The van der Waals surface area contributed by atoms with Gasteiger partial charge in [-0.2, -0.15) is 30.8 Å². The molecule has 164 valence electrons. The van der Waals surface area contributed by atoms with E-state index in [4.69, 9.17) is 16.3 Å². The first-order valence-electron chi connectivity index (χ1n) is 9.63. The Morgan fingerprint density at radius 3 is 2.38 bits per heavy atom. The summed E-state index contributed by atoms with van der Waals surface area (Å²) >= 11 is 5.41. The van der Waals surface area contributed by atoms with Crippen LogP contribution in [0.15, 0.2) is 65.7 Å². The topological polar surface area (TPSA) is 33.0 Å². The van der Waals surface area contributed by atoms with Crippen molar-refractivity contribution in [3.05, 3.63) is 77.7 Å². The van der Waals surface area contributed by atoms with Crippen LogP contribution in [0.2, 0.25) is 0 Å². The summed E-state index contributed by atoms with van der Waals surface area (Å²) in [7, 11) is 0. The number of halogens is 4. The number of para-hydroxylation sites is 1. The molecule has 2 aromatic carbocycles. The Labute approximate surface area is 242 Å². The maximum absolute atomic E-state index is 12.7. The average Bonchev–Trinajstić information content (AvgIpc) is 3.21. The monoisotopic (exact) mass is 610 g/mol. The number of hydrogen-bond acceptors (Lipinski definition) is 2. The normalized spacial score (nSPS) is 20.2. The molecule has 1 fully saturated rings. The SMILES string of the molecule is CC1(C)C(/C=C(\Cl)C(F)(F)F)C1[CH-]CC(C#N)c1cccc(Oc2ccccc2)c1.[Y].[Y]. The van der Waals surface area contributed by atoms with Gasteiger partial charge in [0.25, 0.3) is 0 Å². The molecule has 1 saturated carbocycles. The van der Waals surface area contributed by atoms with Gasteiger partial charge in [-0.05, 0) is 35.7 Å². The van der Waals surface area contributed by atoms with Crippen LogP contribution >= 0.6 is 11.6 Å². The largest absolute Gasteiger partial charge is 0.457 e. The van der Waals surface area contributed by atoms with Gasteiger partial charge in [-0.15, -0.1) is 0 Å². The maximum atomic E-state index is 12.7. The zero-order valence-electron chi connectivity index (χ0n) is 17.8. The zero-order valence-corrected chi connectivity index (χ0v) is 24.2. The van der Waals surface area contributed by atoms with Crippen LogP contribution in [0.5, 0.6) is 11.5 Å². The minimum absolute atomic E-state index is 0. The molecule has 2 nitrogen and oxygen atoms in total. The third-order valence-corrected chi connectivity index (χ3v) is 5.95. The molecule has 0 N–H and O–H groups in total. The van der Waals surface area contributed by atoms with Gasteiger partial charge in [0.05, 0.1) is 6.07 Å². The van der Waals surface area contributed by atoms with Crippen LogP contribution in [-0.4, -0.2) is 6.18 Å². The molecule has 1 aliphatic carbocycles. The van der Waals surface area contributed by atoms with Crippen LogP contribution in [0.25, 0.3) is 0 Å². The van der Waals surface area contributed by atoms with Crippen LogP contribution in [0.1, 0.15) is 31.7 Å². The molecule has 0 amide bonds. The Kier molecular flexibility index (Phi) is 11.6. The Morgan fingerprint density at radius 2 is 1.78 bits per heavy atom. The summed E-state index contributed by atoms with van der Waals surface area (Å²) < 4.78 is 44.0. The quantitative estimate of drug-likeness (QED) is 0.302. The van der Waals surface area contributed by atoms with E-state index in [9.17, 15) is 18.4 Å². The Morgan fingerprint density at radius 1 is 1.16 bits per heavy atom. The van der Waals surface area contributed by atoms with Crippen LogP contribution in [0.3, 0.4) is 0 Å². The molecule has 3 unspecified atom stereocenters. The van der Waals surface area contributed by atoms with E-state index >= 15 is 0 Å². The minimum Gasteiger partial charge on any atom is -0.457 e. The van der Waals surface area contributed by atoms with Gasteiger partial charge in [-0.3, -0.25) is 0 Å². The second-order valence-corrected chi connectivity index (χ2v) is 8.43. The first-order chi connectivity index (χ1) is 14.1. The number of nitrogens with zero attached hydrogens (tertiary/aromatic N) is 1. The van der Waals surface area contributed by atoms with E-state index in [1.807, 2.05) is 74.9 Å². The fourth-order valence-corrected chi connectivity index (χ4v) is 3.84. The number of benzene rings is 2. The predicted molar refractivity (Wildman–Crippen MR) is 111 cm³/mol. The van der Waals surface area contributed by atoms with Gasteiger partial charge in [0, 0.05) is 71.3 Å². The number of hydrogen-bond donors (Lipinski definition) is 0. The second-order valence-electron chi connectivity index (χ2n) is 8.03. The maximum Gasteiger partial charge on any atom is 0.426 e. The molecule has 0 spiro atoms. The number of rotatable bonds is 7. The summed E-state index contributed by atoms with van der Waals surface area (Å²) in [5.74, 6) is 0.560. The van der Waals surface area contributed by atoms with E-state index in [0.717, 1.165) is 11.6 Å². The summed E-state index contributed by atoms with van der Waals surface area (Å²) in [6.45, 7) is 3.82. The molecular weight excluding hydrogens is 589 g/mol. The van der Waals surface area contributed by atoms with Gasteiger partial charge in [0.1, 0.15) is 16.5 Å². The van der Waals surface area contributed by atoms with E-state index in [1.165, 1.54) is 0 Å². The molecule has 0 saturated heterocycles. The summed E-state index contributed by atoms with van der Waals surface area (Å²) in [6.07, 6.45) is -1.05. The van der Waals surface area contributed by atoms with E-state index in [2.05, 4.69) is 6.07 Å². The van der Waals surface area contributed by atoms with Crippen molar-refractivity contribution in [2.24, 2.45) is 17.3 Å². The molecule has 3 atom stereocenters. The standard InChI is InChI=1S/C24H22ClF3NO.2Y/c1-23(2)20(21(23)14-22(25)24(26,27)28)12-11-17(15-29)16-7-6-10-19(13-16)30-18-8-4-3-5-9-18;;/h3-10,12-14,17,20-21H,11H2,1-2H3;;/q-1;;/b22-14-;;. The van der Waals surface area contributed by atoms with Crippen molar-refractivity contribution in [3.8, 4) is 17.6 Å². The smallest absolute Gasteiger partial charge is 0.426 e. The molecule has 0 aliphatic heterocycles. The summed E-state index contributed by atoms with van der Waals surface area (Å²) in [4.78, 5) is 0. The molecule has 32 heavy (non-hydrogen) atoms. The Bertz CT molecular complexity index is 958. The van der Waals surface area contributed by atoms with Crippen LogP contribution < -0.4 is 4.74 Å². The minimum atomic E-state index is -4.53. The van der Waals surface area contributed by atoms with Crippen molar-refractivity contribution in [1.29, 1.82) is 5.26 Å². The number of allylic oxidation sites excluding steroid dienone is 2. The third kappa shape index (κ3) is 7.64. The molecule has 1 aliphatic rings. The van der Waals surface area contributed by atoms with Gasteiger partial charge in [-0.1, -0.05) is 67.3 Å². The first-order valence-corrected chi connectivity index (χ1v) is 10.0. The predicted octanol–water partition coefficient (Wildman–Crippen LogP) is 7.63. The van der Waals surface area contributed by atoms with Crippen LogP contribution in [0, 0.1) is 35.0 Å². The first kappa shape index (κ1) is 29.8. The zero-order chi connectivity index (χ0) is 21.9. The van der Waals surface area contributed by atoms with Crippen molar-refractivity contribution in [2.45, 2.75) is 32.4 Å². The van der Waals surface area contributed by atoms with Gasteiger partial charge in [0.2, 0.25) is 0 Å². The van der Waals surface area contributed by atoms with Crippen molar-refractivity contribution < 1.29 is 83.3 Å². The average molecular weight is 611 g/mol. The Hall–Kier alpha value is -0.242. The van der Waals surface area contributed by atoms with Gasteiger partial charge >= 0.3 is 6.18 Å². The molecule has 0 heterocycles. The van der Waals surface area contributed by atoms with Crippen molar-refractivity contribution in [1.82, 2.24) is 0 Å². The van der Waals surface area contributed by atoms with Crippen molar-refractivity contribution >= 4 is 11.6 Å². The van der Waals surface area contributed by atoms with Gasteiger partial charge in [-0.25, -0.2) is 0 Å². The fraction of sp³-hybridized carbons (Fsp3) is 0.333. The molecule has 8 heteroatoms. The number of alkyl halides is 3. The van der Waals surface area contributed by atoms with Crippen molar-refractivity contribution in [2.75, 3.05) is 0 Å². The van der Waals surface area contributed by atoms with Crippen molar-refractivity contribution in [3.63, 3.8) is 0 Å². The van der Waals surface area contributed by atoms with Crippen LogP contribution in [-0.2, 0) is 65.4 Å². The summed E-state index contributed by atoms with van der Waals surface area (Å²) in [5.41, 5.74) is 0.491.